The Morgan fingerprint density at radius 3 is 2.33 bits per heavy atom. The van der Waals surface area contributed by atoms with E-state index in [1.807, 2.05) is 19.9 Å². The normalized spacial score (nSPS) is 11.1. The summed E-state index contributed by atoms with van der Waals surface area (Å²) < 4.78 is 0. The van der Waals surface area contributed by atoms with Gasteiger partial charge in [-0.1, -0.05) is 12.0 Å². The number of nitrogens with two attached hydrogens (primary N) is 1. The molecule has 9 heavy (non-hydrogen) atoms. The molecule has 0 aliphatic carbocycles. The first kappa shape index (κ1) is 8.26. The van der Waals surface area contributed by atoms with Crippen LogP contribution in [-0.4, -0.2) is 5.54 Å². The number of hydrogen-bond donors (Lipinski definition) is 1. The minimum atomic E-state index is -0.232. The standard InChI is InChI=1S/C8H13N/c1-4-5-6-7-8(2,3)9/h6-7H,9H2,1-3H3/b7-6+. The summed E-state index contributed by atoms with van der Waals surface area (Å²) in [7, 11) is 0. The van der Waals surface area contributed by atoms with E-state index in [0.29, 0.717) is 0 Å². The zero-order valence-electron chi connectivity index (χ0n) is 6.23. The fraction of sp³-hybridized carbons (Fsp3) is 0.500. The van der Waals surface area contributed by atoms with Crippen LogP contribution in [0.1, 0.15) is 20.8 Å². The van der Waals surface area contributed by atoms with Crippen molar-refractivity contribution in [2.24, 2.45) is 5.73 Å². The van der Waals surface area contributed by atoms with Gasteiger partial charge in [0.25, 0.3) is 0 Å². The molecule has 0 radical (unpaired) electrons. The monoisotopic (exact) mass is 123 g/mol. The molecule has 0 aliphatic heterocycles. The van der Waals surface area contributed by atoms with Gasteiger partial charge in [-0.15, -0.1) is 5.92 Å². The van der Waals surface area contributed by atoms with E-state index in [1.54, 1.807) is 13.0 Å². The Kier molecular flexibility index (Phi) is 3.05. The van der Waals surface area contributed by atoms with Crippen LogP contribution >= 0.6 is 0 Å². The molecule has 0 unspecified atom stereocenters. The predicted octanol–water partition coefficient (Wildman–Crippen LogP) is 1.30. The molecule has 0 aromatic carbocycles. The second-order valence-electron chi connectivity index (χ2n) is 2.55. The van der Waals surface area contributed by atoms with Crippen molar-refractivity contribution < 1.29 is 0 Å². The highest BCUT2D eigenvalue weighted by molar-refractivity contribution is 5.17. The fourth-order valence-corrected chi connectivity index (χ4v) is 0.340. The van der Waals surface area contributed by atoms with Gasteiger partial charge in [0.05, 0.1) is 0 Å². The highest BCUT2D eigenvalue weighted by Crippen LogP contribution is 1.96. The van der Waals surface area contributed by atoms with Crippen molar-refractivity contribution in [3.8, 4) is 11.8 Å². The van der Waals surface area contributed by atoms with E-state index < -0.39 is 0 Å². The van der Waals surface area contributed by atoms with E-state index in [4.69, 9.17) is 5.73 Å². The van der Waals surface area contributed by atoms with Crippen LogP contribution in [0, 0.1) is 11.8 Å². The van der Waals surface area contributed by atoms with Gasteiger partial charge in [0.15, 0.2) is 0 Å². The molecule has 0 saturated carbocycles. The van der Waals surface area contributed by atoms with Crippen LogP contribution in [-0.2, 0) is 0 Å². The predicted molar refractivity (Wildman–Crippen MR) is 40.9 cm³/mol. The van der Waals surface area contributed by atoms with E-state index in [9.17, 15) is 0 Å². The Hall–Kier alpha value is -0.740. The number of rotatable bonds is 1. The Balaban J connectivity index is 3.81. The number of hydrogen-bond acceptors (Lipinski definition) is 1. The maximum absolute atomic E-state index is 5.62. The van der Waals surface area contributed by atoms with Crippen LogP contribution in [0.5, 0.6) is 0 Å². The molecule has 0 saturated heterocycles. The van der Waals surface area contributed by atoms with Gasteiger partial charge in [-0.3, -0.25) is 0 Å². The molecule has 0 spiro atoms. The maximum atomic E-state index is 5.62. The van der Waals surface area contributed by atoms with Gasteiger partial charge >= 0.3 is 0 Å². The van der Waals surface area contributed by atoms with Crippen molar-refractivity contribution in [2.45, 2.75) is 26.3 Å². The number of allylic oxidation sites excluding steroid dienone is 1. The molecule has 0 fully saturated rings. The van der Waals surface area contributed by atoms with Crippen LogP contribution in [0.15, 0.2) is 12.2 Å². The third kappa shape index (κ3) is 7.26. The van der Waals surface area contributed by atoms with E-state index in [-0.39, 0.29) is 5.54 Å². The molecule has 0 amide bonds. The first-order valence-electron chi connectivity index (χ1n) is 2.95. The molecule has 2 N–H and O–H groups in total. The SMILES string of the molecule is CC#C/C=C/C(C)(C)N. The second kappa shape index (κ2) is 3.32. The zero-order chi connectivity index (χ0) is 7.33. The van der Waals surface area contributed by atoms with Crippen molar-refractivity contribution >= 4 is 0 Å². The smallest absolute Gasteiger partial charge is 0.0290 e. The average Bonchev–Trinajstić information content (AvgIpc) is 1.63. The lowest BCUT2D eigenvalue weighted by Gasteiger charge is -2.09. The van der Waals surface area contributed by atoms with Gasteiger partial charge in [-0.05, 0) is 26.8 Å². The highest BCUT2D eigenvalue weighted by Gasteiger charge is 2.01. The van der Waals surface area contributed by atoms with Crippen molar-refractivity contribution in [3.05, 3.63) is 12.2 Å². The third-order valence-electron chi connectivity index (χ3n) is 0.741. The van der Waals surface area contributed by atoms with Gasteiger partial charge in [0.2, 0.25) is 0 Å². The fourth-order valence-electron chi connectivity index (χ4n) is 0.340. The molecule has 1 nitrogen and oxygen atoms in total. The Morgan fingerprint density at radius 1 is 1.44 bits per heavy atom. The molecule has 0 aromatic heterocycles. The van der Waals surface area contributed by atoms with E-state index in [0.717, 1.165) is 0 Å². The van der Waals surface area contributed by atoms with Crippen molar-refractivity contribution in [1.29, 1.82) is 0 Å². The first-order valence-corrected chi connectivity index (χ1v) is 2.95. The lowest BCUT2D eigenvalue weighted by molar-refractivity contribution is 0.654. The van der Waals surface area contributed by atoms with Crippen LogP contribution in [0.3, 0.4) is 0 Å². The molecule has 0 heterocycles. The van der Waals surface area contributed by atoms with Crippen molar-refractivity contribution in [3.63, 3.8) is 0 Å². The average molecular weight is 123 g/mol. The van der Waals surface area contributed by atoms with Gasteiger partial charge < -0.3 is 5.73 Å². The zero-order valence-corrected chi connectivity index (χ0v) is 6.23. The van der Waals surface area contributed by atoms with Gasteiger partial charge in [0, 0.05) is 5.54 Å². The summed E-state index contributed by atoms with van der Waals surface area (Å²) in [5.74, 6) is 5.54. The minimum Gasteiger partial charge on any atom is -0.322 e. The molecule has 0 aliphatic rings. The lowest BCUT2D eigenvalue weighted by atomic mass is 10.1. The molecular formula is C8H13N. The van der Waals surface area contributed by atoms with E-state index >= 15 is 0 Å². The highest BCUT2D eigenvalue weighted by atomic mass is 14.7. The molecule has 0 aromatic rings. The van der Waals surface area contributed by atoms with Crippen LogP contribution < -0.4 is 5.73 Å². The van der Waals surface area contributed by atoms with Crippen molar-refractivity contribution in [2.75, 3.05) is 0 Å². The Morgan fingerprint density at radius 2 is 2.00 bits per heavy atom. The summed E-state index contributed by atoms with van der Waals surface area (Å²) >= 11 is 0. The summed E-state index contributed by atoms with van der Waals surface area (Å²) in [4.78, 5) is 0. The minimum absolute atomic E-state index is 0.232. The largest absolute Gasteiger partial charge is 0.322 e. The molecular weight excluding hydrogens is 110 g/mol. The van der Waals surface area contributed by atoms with Gasteiger partial charge in [-0.2, -0.15) is 0 Å². The topological polar surface area (TPSA) is 26.0 Å². The van der Waals surface area contributed by atoms with E-state index in [1.165, 1.54) is 0 Å². The first-order chi connectivity index (χ1) is 4.06. The second-order valence-corrected chi connectivity index (χ2v) is 2.55. The molecule has 0 rings (SSSR count). The summed E-state index contributed by atoms with van der Waals surface area (Å²) in [6.45, 7) is 5.66. The van der Waals surface area contributed by atoms with Crippen LogP contribution in [0.2, 0.25) is 0 Å². The molecule has 50 valence electrons. The molecule has 0 atom stereocenters. The third-order valence-corrected chi connectivity index (χ3v) is 0.741. The Bertz CT molecular complexity index is 150. The molecule has 1 heteroatoms. The van der Waals surface area contributed by atoms with Crippen LogP contribution in [0.25, 0.3) is 0 Å². The van der Waals surface area contributed by atoms with Crippen molar-refractivity contribution in [1.82, 2.24) is 0 Å². The summed E-state index contributed by atoms with van der Waals surface area (Å²) in [6, 6.07) is 0. The van der Waals surface area contributed by atoms with Gasteiger partial charge in [0.1, 0.15) is 0 Å². The Labute approximate surface area is 56.9 Å². The quantitative estimate of drug-likeness (QED) is 0.522. The lowest BCUT2D eigenvalue weighted by Crippen LogP contribution is -2.28. The molecule has 0 bridgehead atoms. The van der Waals surface area contributed by atoms with Crippen LogP contribution in [0.4, 0.5) is 0 Å². The maximum Gasteiger partial charge on any atom is 0.0290 e. The summed E-state index contributed by atoms with van der Waals surface area (Å²) in [6.07, 6.45) is 3.66. The summed E-state index contributed by atoms with van der Waals surface area (Å²) in [5.41, 5.74) is 5.39. The van der Waals surface area contributed by atoms with Gasteiger partial charge in [-0.25, -0.2) is 0 Å². The summed E-state index contributed by atoms with van der Waals surface area (Å²) in [5, 5.41) is 0. The van der Waals surface area contributed by atoms with E-state index in [2.05, 4.69) is 11.8 Å².